The Labute approximate surface area is 122 Å². The van der Waals surface area contributed by atoms with E-state index in [-0.39, 0.29) is 16.7 Å². The van der Waals surface area contributed by atoms with E-state index < -0.39 is 10.8 Å². The van der Waals surface area contributed by atoms with Crippen LogP contribution in [0.25, 0.3) is 0 Å². The Balaban J connectivity index is 2.18. The topological polar surface area (TPSA) is 72.2 Å². The smallest absolute Gasteiger partial charge is 0.274 e. The number of rotatable bonds is 3. The minimum absolute atomic E-state index is 0.116. The van der Waals surface area contributed by atoms with Gasteiger partial charge in [0.2, 0.25) is 0 Å². The van der Waals surface area contributed by atoms with Gasteiger partial charge in [-0.15, -0.1) is 0 Å². The molecule has 1 saturated heterocycles. The van der Waals surface area contributed by atoms with Crippen LogP contribution in [-0.2, 0) is 10.8 Å². The molecular weight excluding hydrogens is 332 g/mol. The van der Waals surface area contributed by atoms with E-state index in [1.165, 1.54) is 0 Å². The molecule has 1 N–H and O–H groups in total. The lowest BCUT2D eigenvalue weighted by Gasteiger charge is -2.24. The molecular formula is C12H15BrN2O3S. The molecule has 19 heavy (non-hydrogen) atoms. The minimum atomic E-state index is -0.700. The highest BCUT2D eigenvalue weighted by molar-refractivity contribution is 9.10. The highest BCUT2D eigenvalue weighted by Gasteiger charge is 2.20. The Morgan fingerprint density at radius 2 is 2.05 bits per heavy atom. The molecule has 1 aromatic rings. The maximum absolute atomic E-state index is 11.3. The van der Waals surface area contributed by atoms with Crippen LogP contribution in [0, 0.1) is 17.0 Å². The Morgan fingerprint density at radius 3 is 2.63 bits per heavy atom. The fourth-order valence-corrected chi connectivity index (χ4v) is 4.00. The van der Waals surface area contributed by atoms with Crippen molar-refractivity contribution in [1.82, 2.24) is 0 Å². The van der Waals surface area contributed by atoms with Gasteiger partial charge < -0.3 is 5.32 Å². The first kappa shape index (κ1) is 14.5. The van der Waals surface area contributed by atoms with Crippen molar-refractivity contribution in [2.24, 2.45) is 0 Å². The van der Waals surface area contributed by atoms with E-state index in [1.807, 2.05) is 0 Å². The van der Waals surface area contributed by atoms with Crippen LogP contribution < -0.4 is 5.32 Å². The molecule has 1 aliphatic heterocycles. The molecule has 0 aliphatic carbocycles. The van der Waals surface area contributed by atoms with E-state index in [0.29, 0.717) is 17.1 Å². The molecule has 5 nitrogen and oxygen atoms in total. The number of anilines is 1. The third-order valence-electron chi connectivity index (χ3n) is 3.23. The molecule has 0 radical (unpaired) electrons. The third-order valence-corrected chi connectivity index (χ3v) is 5.27. The number of nitro benzene ring substituents is 1. The lowest BCUT2D eigenvalue weighted by Crippen LogP contribution is -2.29. The summed E-state index contributed by atoms with van der Waals surface area (Å²) in [5.41, 5.74) is 1.48. The monoisotopic (exact) mass is 346 g/mol. The number of halogens is 1. The van der Waals surface area contributed by atoms with E-state index in [9.17, 15) is 14.3 Å². The van der Waals surface area contributed by atoms with Crippen LogP contribution in [0.3, 0.4) is 0 Å². The second-order valence-electron chi connectivity index (χ2n) is 4.64. The van der Waals surface area contributed by atoms with E-state index in [2.05, 4.69) is 21.2 Å². The fourth-order valence-electron chi connectivity index (χ4n) is 2.13. The lowest BCUT2D eigenvalue weighted by molar-refractivity contribution is -0.385. The van der Waals surface area contributed by atoms with Gasteiger partial charge in [0, 0.05) is 44.4 Å². The van der Waals surface area contributed by atoms with Crippen molar-refractivity contribution in [3.63, 3.8) is 0 Å². The summed E-state index contributed by atoms with van der Waals surface area (Å²) in [4.78, 5) is 10.6. The second kappa shape index (κ2) is 6.00. The zero-order valence-corrected chi connectivity index (χ0v) is 12.9. The van der Waals surface area contributed by atoms with Crippen LogP contribution in [0.4, 0.5) is 11.4 Å². The van der Waals surface area contributed by atoms with E-state index in [1.54, 1.807) is 19.1 Å². The number of nitrogens with zero attached hydrogens (tertiary/aromatic N) is 1. The van der Waals surface area contributed by atoms with Gasteiger partial charge in [-0.25, -0.2) is 0 Å². The zero-order chi connectivity index (χ0) is 14.0. The number of benzene rings is 1. The molecule has 1 fully saturated rings. The van der Waals surface area contributed by atoms with Crippen molar-refractivity contribution < 1.29 is 9.13 Å². The minimum Gasteiger partial charge on any atom is -0.381 e. The molecule has 0 amide bonds. The molecule has 0 unspecified atom stereocenters. The maximum Gasteiger partial charge on any atom is 0.274 e. The third kappa shape index (κ3) is 3.54. The lowest BCUT2D eigenvalue weighted by atomic mass is 10.1. The molecule has 1 aliphatic rings. The summed E-state index contributed by atoms with van der Waals surface area (Å²) in [6.07, 6.45) is 1.67. The van der Waals surface area contributed by atoms with Gasteiger partial charge in [0.25, 0.3) is 5.69 Å². The SMILES string of the molecule is Cc1cc(Br)c(NC2CCS(=O)CC2)cc1[N+](=O)[O-]. The van der Waals surface area contributed by atoms with E-state index >= 15 is 0 Å². The number of hydrogen-bond acceptors (Lipinski definition) is 4. The highest BCUT2D eigenvalue weighted by Crippen LogP contribution is 2.32. The molecule has 1 aromatic carbocycles. The molecule has 7 heteroatoms. The molecule has 1 heterocycles. The van der Waals surface area contributed by atoms with Gasteiger partial charge in [0.1, 0.15) is 0 Å². The Morgan fingerprint density at radius 1 is 1.42 bits per heavy atom. The van der Waals surface area contributed by atoms with Crippen molar-refractivity contribution in [3.8, 4) is 0 Å². The van der Waals surface area contributed by atoms with Gasteiger partial charge in [-0.2, -0.15) is 0 Å². The maximum atomic E-state index is 11.3. The molecule has 0 aromatic heterocycles. The van der Waals surface area contributed by atoms with Crippen molar-refractivity contribution in [3.05, 3.63) is 32.3 Å². The van der Waals surface area contributed by atoms with Gasteiger partial charge in [0.05, 0.1) is 10.6 Å². The summed E-state index contributed by atoms with van der Waals surface area (Å²) in [5, 5.41) is 14.2. The summed E-state index contributed by atoms with van der Waals surface area (Å²) >= 11 is 3.42. The molecule has 104 valence electrons. The molecule has 0 saturated carbocycles. The summed E-state index contributed by atoms with van der Waals surface area (Å²) in [6.45, 7) is 1.72. The van der Waals surface area contributed by atoms with Crippen LogP contribution in [0.5, 0.6) is 0 Å². The summed E-state index contributed by atoms with van der Waals surface area (Å²) in [7, 11) is -0.700. The predicted molar refractivity (Wildman–Crippen MR) is 80.1 cm³/mol. The van der Waals surface area contributed by atoms with Crippen LogP contribution in [-0.4, -0.2) is 26.7 Å². The molecule has 0 atom stereocenters. The van der Waals surface area contributed by atoms with Gasteiger partial charge in [-0.3, -0.25) is 14.3 Å². The average molecular weight is 347 g/mol. The van der Waals surface area contributed by atoms with Crippen LogP contribution in [0.2, 0.25) is 0 Å². The van der Waals surface area contributed by atoms with Crippen molar-refractivity contribution >= 4 is 38.1 Å². The standard InChI is InChI=1S/C12H15BrN2O3S/c1-8-6-10(13)11(7-12(8)15(16)17)14-9-2-4-19(18)5-3-9/h6-7,9,14H,2-5H2,1H3. The Hall–Kier alpha value is -0.950. The van der Waals surface area contributed by atoms with Gasteiger partial charge >= 0.3 is 0 Å². The number of aryl methyl sites for hydroxylation is 1. The van der Waals surface area contributed by atoms with Crippen molar-refractivity contribution in [2.75, 3.05) is 16.8 Å². The van der Waals surface area contributed by atoms with Crippen LogP contribution in [0.15, 0.2) is 16.6 Å². The Bertz CT molecular complexity index is 526. The quantitative estimate of drug-likeness (QED) is 0.674. The first-order chi connectivity index (χ1) is 8.97. The molecule has 0 spiro atoms. The first-order valence-electron chi connectivity index (χ1n) is 6.03. The largest absolute Gasteiger partial charge is 0.381 e. The van der Waals surface area contributed by atoms with Crippen LogP contribution >= 0.6 is 15.9 Å². The second-order valence-corrected chi connectivity index (χ2v) is 7.19. The normalized spacial score (nSPS) is 23.1. The fraction of sp³-hybridized carbons (Fsp3) is 0.500. The van der Waals surface area contributed by atoms with E-state index in [4.69, 9.17) is 0 Å². The summed E-state index contributed by atoms with van der Waals surface area (Å²) in [5.74, 6) is 1.40. The average Bonchev–Trinajstić information content (AvgIpc) is 2.34. The Kier molecular flexibility index (Phi) is 4.57. The highest BCUT2D eigenvalue weighted by atomic mass is 79.9. The van der Waals surface area contributed by atoms with Gasteiger partial charge in [0.15, 0.2) is 0 Å². The summed E-state index contributed by atoms with van der Waals surface area (Å²) in [6, 6.07) is 3.54. The predicted octanol–water partition coefficient (Wildman–Crippen LogP) is 2.99. The van der Waals surface area contributed by atoms with Crippen molar-refractivity contribution in [2.45, 2.75) is 25.8 Å². The van der Waals surface area contributed by atoms with E-state index in [0.717, 1.165) is 23.0 Å². The number of hydrogen-bond donors (Lipinski definition) is 1. The molecule has 0 bridgehead atoms. The summed E-state index contributed by atoms with van der Waals surface area (Å²) < 4.78 is 12.1. The number of nitro groups is 1. The van der Waals surface area contributed by atoms with Gasteiger partial charge in [-0.05, 0) is 41.8 Å². The zero-order valence-electron chi connectivity index (χ0n) is 10.5. The number of nitrogens with one attached hydrogen (secondary N) is 1. The molecule has 2 rings (SSSR count). The van der Waals surface area contributed by atoms with Gasteiger partial charge in [-0.1, -0.05) is 0 Å². The van der Waals surface area contributed by atoms with Crippen molar-refractivity contribution in [1.29, 1.82) is 0 Å². The first-order valence-corrected chi connectivity index (χ1v) is 8.31. The van der Waals surface area contributed by atoms with Crippen LogP contribution in [0.1, 0.15) is 18.4 Å².